The monoisotopic (exact) mass is 168 g/mol. The lowest BCUT2D eigenvalue weighted by Crippen LogP contribution is -2.17. The molecule has 3 atom stereocenters. The Morgan fingerprint density at radius 1 is 1.58 bits per heavy atom. The van der Waals surface area contributed by atoms with E-state index in [1.165, 1.54) is 0 Å². The zero-order chi connectivity index (χ0) is 8.39. The smallest absolute Gasteiger partial charge is 0.102 e. The number of fused-ring (bicyclic) bond motifs is 1. The summed E-state index contributed by atoms with van der Waals surface area (Å²) in [5.41, 5.74) is 0. The second-order valence-corrected chi connectivity index (χ2v) is 3.46. The SMILES string of the molecule is CCOC1CCC=CC2OC2C1. The molecule has 1 heterocycles. The van der Waals surface area contributed by atoms with Crippen LogP contribution in [-0.4, -0.2) is 24.9 Å². The second kappa shape index (κ2) is 3.58. The molecule has 1 aliphatic heterocycles. The van der Waals surface area contributed by atoms with E-state index in [0.717, 1.165) is 25.9 Å². The molecule has 0 spiro atoms. The first-order chi connectivity index (χ1) is 5.90. The molecular formula is C10H16O2. The molecule has 68 valence electrons. The number of ether oxygens (including phenoxy) is 2. The molecule has 1 saturated heterocycles. The molecule has 0 aromatic rings. The molecule has 0 aromatic heterocycles. The molecule has 0 N–H and O–H groups in total. The van der Waals surface area contributed by atoms with Gasteiger partial charge in [0.15, 0.2) is 0 Å². The Morgan fingerprint density at radius 2 is 2.50 bits per heavy atom. The van der Waals surface area contributed by atoms with Crippen molar-refractivity contribution in [2.24, 2.45) is 0 Å². The van der Waals surface area contributed by atoms with E-state index in [1.54, 1.807) is 0 Å². The minimum atomic E-state index is 0.410. The lowest BCUT2D eigenvalue weighted by molar-refractivity contribution is 0.0460. The van der Waals surface area contributed by atoms with Crippen LogP contribution in [0.2, 0.25) is 0 Å². The van der Waals surface area contributed by atoms with Crippen LogP contribution in [0, 0.1) is 0 Å². The molecule has 0 aromatic carbocycles. The van der Waals surface area contributed by atoms with Gasteiger partial charge in [0.05, 0.1) is 12.2 Å². The molecule has 12 heavy (non-hydrogen) atoms. The van der Waals surface area contributed by atoms with Crippen LogP contribution in [0.5, 0.6) is 0 Å². The van der Waals surface area contributed by atoms with E-state index in [2.05, 4.69) is 19.1 Å². The van der Waals surface area contributed by atoms with Crippen LogP contribution < -0.4 is 0 Å². The molecule has 2 heteroatoms. The summed E-state index contributed by atoms with van der Waals surface area (Å²) < 4.78 is 11.0. The predicted molar refractivity (Wildman–Crippen MR) is 47.1 cm³/mol. The maximum absolute atomic E-state index is 5.60. The maximum Gasteiger partial charge on any atom is 0.102 e. The van der Waals surface area contributed by atoms with Crippen molar-refractivity contribution in [3.8, 4) is 0 Å². The number of rotatable bonds is 2. The van der Waals surface area contributed by atoms with Gasteiger partial charge in [-0.3, -0.25) is 0 Å². The first kappa shape index (κ1) is 8.27. The van der Waals surface area contributed by atoms with Crippen molar-refractivity contribution < 1.29 is 9.47 Å². The average Bonchev–Trinajstić information content (AvgIpc) is 2.71. The summed E-state index contributed by atoms with van der Waals surface area (Å²) in [5, 5.41) is 0. The number of allylic oxidation sites excluding steroid dienone is 1. The lowest BCUT2D eigenvalue weighted by atomic mass is 10.0. The van der Waals surface area contributed by atoms with E-state index >= 15 is 0 Å². The molecule has 1 fully saturated rings. The summed E-state index contributed by atoms with van der Waals surface area (Å²) in [6, 6.07) is 0. The highest BCUT2D eigenvalue weighted by Crippen LogP contribution is 2.31. The minimum Gasteiger partial charge on any atom is -0.378 e. The van der Waals surface area contributed by atoms with Crippen LogP contribution in [-0.2, 0) is 9.47 Å². The first-order valence-electron chi connectivity index (χ1n) is 4.84. The van der Waals surface area contributed by atoms with Gasteiger partial charge in [0.1, 0.15) is 6.10 Å². The quantitative estimate of drug-likeness (QED) is 0.464. The van der Waals surface area contributed by atoms with Gasteiger partial charge in [-0.05, 0) is 19.8 Å². The van der Waals surface area contributed by atoms with Crippen molar-refractivity contribution in [3.05, 3.63) is 12.2 Å². The molecule has 0 amide bonds. The van der Waals surface area contributed by atoms with Crippen LogP contribution >= 0.6 is 0 Å². The zero-order valence-corrected chi connectivity index (χ0v) is 7.53. The van der Waals surface area contributed by atoms with Gasteiger partial charge in [-0.2, -0.15) is 0 Å². The topological polar surface area (TPSA) is 21.8 Å². The number of hydrogen-bond acceptors (Lipinski definition) is 2. The molecular weight excluding hydrogens is 152 g/mol. The van der Waals surface area contributed by atoms with Crippen molar-refractivity contribution in [2.75, 3.05) is 6.61 Å². The zero-order valence-electron chi connectivity index (χ0n) is 7.53. The third-order valence-electron chi connectivity index (χ3n) is 2.50. The summed E-state index contributed by atoms with van der Waals surface area (Å²) in [4.78, 5) is 0. The van der Waals surface area contributed by atoms with Gasteiger partial charge in [-0.1, -0.05) is 12.2 Å². The average molecular weight is 168 g/mol. The Labute approximate surface area is 73.5 Å². The summed E-state index contributed by atoms with van der Waals surface area (Å²) in [6.45, 7) is 2.88. The predicted octanol–water partition coefficient (Wildman–Crippen LogP) is 1.90. The van der Waals surface area contributed by atoms with Crippen LogP contribution in [0.1, 0.15) is 26.2 Å². The van der Waals surface area contributed by atoms with Crippen LogP contribution in [0.3, 0.4) is 0 Å². The molecule has 1 aliphatic carbocycles. The normalized spacial score (nSPS) is 39.9. The highest BCUT2D eigenvalue weighted by atomic mass is 16.6. The molecule has 2 rings (SSSR count). The van der Waals surface area contributed by atoms with E-state index in [-0.39, 0.29) is 0 Å². The second-order valence-electron chi connectivity index (χ2n) is 3.46. The molecule has 3 unspecified atom stereocenters. The van der Waals surface area contributed by atoms with Crippen LogP contribution in [0.15, 0.2) is 12.2 Å². The molecule has 0 radical (unpaired) electrons. The summed E-state index contributed by atoms with van der Waals surface area (Å²) in [7, 11) is 0. The fraction of sp³-hybridized carbons (Fsp3) is 0.800. The van der Waals surface area contributed by atoms with Gasteiger partial charge in [-0.15, -0.1) is 0 Å². The fourth-order valence-corrected chi connectivity index (χ4v) is 1.79. The van der Waals surface area contributed by atoms with Crippen molar-refractivity contribution in [1.29, 1.82) is 0 Å². The molecule has 0 saturated carbocycles. The highest BCUT2D eigenvalue weighted by molar-refractivity contribution is 5.05. The van der Waals surface area contributed by atoms with Gasteiger partial charge >= 0.3 is 0 Å². The van der Waals surface area contributed by atoms with Crippen molar-refractivity contribution >= 4 is 0 Å². The summed E-state index contributed by atoms with van der Waals surface area (Å²) in [5.74, 6) is 0. The van der Waals surface area contributed by atoms with E-state index in [4.69, 9.17) is 9.47 Å². The maximum atomic E-state index is 5.60. The summed E-state index contributed by atoms with van der Waals surface area (Å²) >= 11 is 0. The fourth-order valence-electron chi connectivity index (χ4n) is 1.79. The standard InChI is InChI=1S/C10H16O2/c1-2-11-8-5-3-4-6-9-10(7-8)12-9/h4,6,8-10H,2-3,5,7H2,1H3. The van der Waals surface area contributed by atoms with E-state index < -0.39 is 0 Å². The largest absolute Gasteiger partial charge is 0.378 e. The summed E-state index contributed by atoms with van der Waals surface area (Å²) in [6.07, 6.45) is 9.07. The third kappa shape index (κ3) is 1.87. The van der Waals surface area contributed by atoms with E-state index in [0.29, 0.717) is 18.3 Å². The van der Waals surface area contributed by atoms with Crippen LogP contribution in [0.25, 0.3) is 0 Å². The molecule has 2 nitrogen and oxygen atoms in total. The van der Waals surface area contributed by atoms with Crippen molar-refractivity contribution in [2.45, 2.75) is 44.5 Å². The van der Waals surface area contributed by atoms with Gasteiger partial charge in [0.2, 0.25) is 0 Å². The Balaban J connectivity index is 1.87. The lowest BCUT2D eigenvalue weighted by Gasteiger charge is -2.15. The Hall–Kier alpha value is -0.340. The van der Waals surface area contributed by atoms with Crippen LogP contribution in [0.4, 0.5) is 0 Å². The minimum absolute atomic E-state index is 0.410. The van der Waals surface area contributed by atoms with Gasteiger partial charge in [0.25, 0.3) is 0 Å². The van der Waals surface area contributed by atoms with E-state index in [1.807, 2.05) is 0 Å². The van der Waals surface area contributed by atoms with Crippen molar-refractivity contribution in [1.82, 2.24) is 0 Å². The number of hydrogen-bond donors (Lipinski definition) is 0. The Kier molecular flexibility index (Phi) is 2.47. The van der Waals surface area contributed by atoms with Gasteiger partial charge in [-0.25, -0.2) is 0 Å². The third-order valence-corrected chi connectivity index (χ3v) is 2.50. The van der Waals surface area contributed by atoms with Gasteiger partial charge < -0.3 is 9.47 Å². The molecule has 2 aliphatic rings. The van der Waals surface area contributed by atoms with Gasteiger partial charge in [0, 0.05) is 13.0 Å². The molecule has 0 bridgehead atoms. The Morgan fingerprint density at radius 3 is 3.33 bits per heavy atom. The van der Waals surface area contributed by atoms with E-state index in [9.17, 15) is 0 Å². The van der Waals surface area contributed by atoms with Crippen molar-refractivity contribution in [3.63, 3.8) is 0 Å². The first-order valence-corrected chi connectivity index (χ1v) is 4.84. The Bertz CT molecular complexity index is 177. The highest BCUT2D eigenvalue weighted by Gasteiger charge is 2.38. The number of epoxide rings is 1.